The van der Waals surface area contributed by atoms with Crippen LogP contribution in [0, 0.1) is 0 Å². The molecule has 0 saturated heterocycles. The molecule has 0 radical (unpaired) electrons. The van der Waals surface area contributed by atoms with Crippen LogP contribution >= 0.6 is 0 Å². The minimum Gasteiger partial charge on any atom is -0.298 e. The van der Waals surface area contributed by atoms with Crippen LogP contribution in [-0.2, 0) is 0 Å². The third kappa shape index (κ3) is 26.8. The Hall–Kier alpha value is -0.0400. The molecule has 0 aliphatic carbocycles. The normalized spacial score (nSPS) is 12.2. The lowest BCUT2D eigenvalue weighted by molar-refractivity contribution is 0.130. The molecule has 0 atom stereocenters. The summed E-state index contributed by atoms with van der Waals surface area (Å²) in [5.41, 5.74) is 0.328. The van der Waals surface area contributed by atoms with Crippen molar-refractivity contribution in [1.82, 2.24) is 4.90 Å². The fourth-order valence-corrected chi connectivity index (χ4v) is 5.42. The second kappa shape index (κ2) is 27.0. The first kappa shape index (κ1) is 35.0. The van der Waals surface area contributed by atoms with E-state index in [0.29, 0.717) is 5.54 Å². The standard InChI is InChI=1S/C34H71N/c1-6-8-10-12-14-16-18-20-21-23-25-27-29-31-33-35(34(3,4)5)32-30-28-26-24-22-19-17-15-13-11-9-7-2/h6-33H2,1-5H3. The molecule has 0 aromatic heterocycles. The van der Waals surface area contributed by atoms with Gasteiger partial charge in [0.15, 0.2) is 0 Å². The summed E-state index contributed by atoms with van der Waals surface area (Å²) in [5, 5.41) is 0. The average Bonchev–Trinajstić information content (AvgIpc) is 2.82. The molecule has 0 aliphatic heterocycles. The summed E-state index contributed by atoms with van der Waals surface area (Å²) in [5.74, 6) is 0. The van der Waals surface area contributed by atoms with Crippen LogP contribution in [0.15, 0.2) is 0 Å². The van der Waals surface area contributed by atoms with Crippen LogP contribution in [0.4, 0.5) is 0 Å². The van der Waals surface area contributed by atoms with Crippen LogP contribution in [0.2, 0.25) is 0 Å². The smallest absolute Gasteiger partial charge is 0.0125 e. The zero-order chi connectivity index (χ0) is 25.9. The quantitative estimate of drug-likeness (QED) is 0.0979. The van der Waals surface area contributed by atoms with Crippen LogP contribution in [0.1, 0.15) is 202 Å². The molecule has 0 bridgehead atoms. The highest BCUT2D eigenvalue weighted by molar-refractivity contribution is 4.76. The highest BCUT2D eigenvalue weighted by Gasteiger charge is 2.19. The molecule has 1 heteroatoms. The SMILES string of the molecule is CCCCCCCCCCCCCCCCN(CCCCCCCCCCCCCC)C(C)(C)C. The van der Waals surface area contributed by atoms with Gasteiger partial charge in [0, 0.05) is 5.54 Å². The molecule has 0 aliphatic rings. The van der Waals surface area contributed by atoms with E-state index in [-0.39, 0.29) is 0 Å². The molecule has 0 unspecified atom stereocenters. The van der Waals surface area contributed by atoms with Crippen molar-refractivity contribution in [2.45, 2.75) is 207 Å². The number of hydrogen-bond donors (Lipinski definition) is 0. The van der Waals surface area contributed by atoms with Gasteiger partial charge >= 0.3 is 0 Å². The van der Waals surface area contributed by atoms with Crippen LogP contribution in [0.5, 0.6) is 0 Å². The van der Waals surface area contributed by atoms with E-state index in [0.717, 1.165) is 0 Å². The fraction of sp³-hybridized carbons (Fsp3) is 1.00. The zero-order valence-corrected chi connectivity index (χ0v) is 25.7. The van der Waals surface area contributed by atoms with Gasteiger partial charge in [-0.15, -0.1) is 0 Å². The number of hydrogen-bond acceptors (Lipinski definition) is 1. The molecule has 0 amide bonds. The van der Waals surface area contributed by atoms with Crippen molar-refractivity contribution in [1.29, 1.82) is 0 Å². The van der Waals surface area contributed by atoms with Gasteiger partial charge in [0.25, 0.3) is 0 Å². The van der Waals surface area contributed by atoms with Gasteiger partial charge in [-0.25, -0.2) is 0 Å². The van der Waals surface area contributed by atoms with E-state index in [4.69, 9.17) is 0 Å². The van der Waals surface area contributed by atoms with Crippen molar-refractivity contribution in [3.8, 4) is 0 Å². The molecule has 0 spiro atoms. The zero-order valence-electron chi connectivity index (χ0n) is 25.7. The van der Waals surface area contributed by atoms with Gasteiger partial charge in [0.2, 0.25) is 0 Å². The summed E-state index contributed by atoms with van der Waals surface area (Å²) in [7, 11) is 0. The highest BCUT2D eigenvalue weighted by atomic mass is 15.2. The van der Waals surface area contributed by atoms with Gasteiger partial charge in [-0.3, -0.25) is 4.90 Å². The third-order valence-electron chi connectivity index (χ3n) is 8.01. The van der Waals surface area contributed by atoms with Crippen molar-refractivity contribution in [2.75, 3.05) is 13.1 Å². The molecule has 0 N–H and O–H groups in total. The van der Waals surface area contributed by atoms with Crippen LogP contribution < -0.4 is 0 Å². The molecule has 0 saturated carbocycles. The molecular formula is C34H71N. The summed E-state index contributed by atoms with van der Waals surface area (Å²) < 4.78 is 0. The average molecular weight is 494 g/mol. The monoisotopic (exact) mass is 494 g/mol. The summed E-state index contributed by atoms with van der Waals surface area (Å²) in [4.78, 5) is 2.77. The van der Waals surface area contributed by atoms with Crippen LogP contribution in [-0.4, -0.2) is 23.5 Å². The molecule has 212 valence electrons. The molecule has 1 nitrogen and oxygen atoms in total. The van der Waals surface area contributed by atoms with Gasteiger partial charge < -0.3 is 0 Å². The highest BCUT2D eigenvalue weighted by Crippen LogP contribution is 2.18. The minimum atomic E-state index is 0.328. The predicted octanol–water partition coefficient (Wildman–Crippen LogP) is 12.3. The molecule has 0 heterocycles. The Labute approximate surface area is 225 Å². The minimum absolute atomic E-state index is 0.328. The third-order valence-corrected chi connectivity index (χ3v) is 8.01. The lowest BCUT2D eigenvalue weighted by atomic mass is 10.0. The lowest BCUT2D eigenvalue weighted by Crippen LogP contribution is -2.42. The largest absolute Gasteiger partial charge is 0.298 e. The fourth-order valence-electron chi connectivity index (χ4n) is 5.42. The molecular weight excluding hydrogens is 422 g/mol. The van der Waals surface area contributed by atoms with Gasteiger partial charge in [-0.2, -0.15) is 0 Å². The molecule has 0 rings (SSSR count). The second-order valence-corrected chi connectivity index (χ2v) is 12.6. The maximum Gasteiger partial charge on any atom is 0.0125 e. The van der Waals surface area contributed by atoms with Crippen molar-refractivity contribution < 1.29 is 0 Å². The van der Waals surface area contributed by atoms with Crippen molar-refractivity contribution in [3.05, 3.63) is 0 Å². The number of rotatable bonds is 28. The Bertz CT molecular complexity index is 383. The summed E-state index contributed by atoms with van der Waals surface area (Å²) in [6.07, 6.45) is 37.7. The van der Waals surface area contributed by atoms with Gasteiger partial charge in [0.05, 0.1) is 0 Å². The Kier molecular flexibility index (Phi) is 27.0. The maximum absolute atomic E-state index is 2.77. The van der Waals surface area contributed by atoms with E-state index in [1.807, 2.05) is 0 Å². The topological polar surface area (TPSA) is 3.24 Å². The van der Waals surface area contributed by atoms with E-state index in [2.05, 4.69) is 39.5 Å². The first-order valence-electron chi connectivity index (χ1n) is 16.8. The van der Waals surface area contributed by atoms with Crippen LogP contribution in [0.3, 0.4) is 0 Å². The summed E-state index contributed by atoms with van der Waals surface area (Å²) >= 11 is 0. The van der Waals surface area contributed by atoms with Crippen molar-refractivity contribution >= 4 is 0 Å². The van der Waals surface area contributed by atoms with E-state index >= 15 is 0 Å². The van der Waals surface area contributed by atoms with Crippen LogP contribution in [0.25, 0.3) is 0 Å². The molecule has 0 aromatic carbocycles. The Balaban J connectivity index is 3.54. The lowest BCUT2D eigenvalue weighted by Gasteiger charge is -2.36. The summed E-state index contributed by atoms with van der Waals surface area (Å²) in [6, 6.07) is 0. The Morgan fingerprint density at radius 3 is 0.714 bits per heavy atom. The predicted molar refractivity (Wildman–Crippen MR) is 163 cm³/mol. The number of nitrogens with zero attached hydrogens (tertiary/aromatic N) is 1. The van der Waals surface area contributed by atoms with Gasteiger partial charge in [-0.05, 0) is 46.7 Å². The first-order valence-corrected chi connectivity index (χ1v) is 16.8. The van der Waals surface area contributed by atoms with E-state index in [1.54, 1.807) is 0 Å². The molecule has 0 fully saturated rings. The summed E-state index contributed by atoms with van der Waals surface area (Å²) in [6.45, 7) is 14.5. The van der Waals surface area contributed by atoms with Crippen molar-refractivity contribution in [3.63, 3.8) is 0 Å². The van der Waals surface area contributed by atoms with E-state index < -0.39 is 0 Å². The first-order chi connectivity index (χ1) is 17.0. The Morgan fingerprint density at radius 2 is 0.514 bits per heavy atom. The van der Waals surface area contributed by atoms with E-state index in [9.17, 15) is 0 Å². The van der Waals surface area contributed by atoms with Crippen molar-refractivity contribution in [2.24, 2.45) is 0 Å². The number of unbranched alkanes of at least 4 members (excludes halogenated alkanes) is 24. The van der Waals surface area contributed by atoms with Gasteiger partial charge in [-0.1, -0.05) is 168 Å². The second-order valence-electron chi connectivity index (χ2n) is 12.6. The maximum atomic E-state index is 2.77. The Morgan fingerprint density at radius 1 is 0.314 bits per heavy atom. The molecule has 35 heavy (non-hydrogen) atoms. The molecule has 0 aromatic rings. The van der Waals surface area contributed by atoms with Gasteiger partial charge in [0.1, 0.15) is 0 Å². The van der Waals surface area contributed by atoms with E-state index in [1.165, 1.54) is 180 Å².